The molecule has 0 fully saturated rings. The second-order valence-corrected chi connectivity index (χ2v) is 4.26. The summed E-state index contributed by atoms with van der Waals surface area (Å²) in [5.74, 6) is 0.169. The molecule has 1 amide bonds. The number of rotatable bonds is 4. The molecule has 104 valence electrons. The molecule has 0 saturated carbocycles. The first-order valence-electron chi connectivity index (χ1n) is 6.37. The summed E-state index contributed by atoms with van der Waals surface area (Å²) in [6.07, 6.45) is 0. The zero-order valence-electron chi connectivity index (χ0n) is 11.5. The van der Waals surface area contributed by atoms with Gasteiger partial charge in [-0.05, 0) is 49.4 Å². The summed E-state index contributed by atoms with van der Waals surface area (Å²) < 4.78 is 18.1. The van der Waals surface area contributed by atoms with Crippen molar-refractivity contribution in [2.75, 3.05) is 18.6 Å². The summed E-state index contributed by atoms with van der Waals surface area (Å²) in [7, 11) is 1.56. The molecule has 0 spiro atoms. The Hall–Kier alpha value is -2.36. The standard InChI is InChI=1S/C16H16FNO2/c1-3-18(14-9-7-13(17)8-10-14)16(19)12-5-4-6-15(11-12)20-2/h4-11H,3H2,1-2H3. The number of halogens is 1. The van der Waals surface area contributed by atoms with Gasteiger partial charge in [0.25, 0.3) is 5.91 Å². The van der Waals surface area contributed by atoms with Gasteiger partial charge in [-0.1, -0.05) is 6.07 Å². The van der Waals surface area contributed by atoms with Crippen LogP contribution in [-0.2, 0) is 0 Å². The van der Waals surface area contributed by atoms with Crippen LogP contribution >= 0.6 is 0 Å². The lowest BCUT2D eigenvalue weighted by Crippen LogP contribution is -2.30. The number of carbonyl (C=O) groups is 1. The molecule has 2 aromatic rings. The van der Waals surface area contributed by atoms with E-state index in [4.69, 9.17) is 4.74 Å². The number of benzene rings is 2. The van der Waals surface area contributed by atoms with Crippen LogP contribution in [0.25, 0.3) is 0 Å². The molecule has 2 rings (SSSR count). The number of nitrogens with zero attached hydrogens (tertiary/aromatic N) is 1. The zero-order chi connectivity index (χ0) is 14.5. The molecule has 0 radical (unpaired) electrons. The second-order valence-electron chi connectivity index (χ2n) is 4.26. The van der Waals surface area contributed by atoms with Crippen molar-refractivity contribution in [1.29, 1.82) is 0 Å². The van der Waals surface area contributed by atoms with Crippen molar-refractivity contribution in [3.05, 3.63) is 59.9 Å². The fourth-order valence-corrected chi connectivity index (χ4v) is 1.98. The topological polar surface area (TPSA) is 29.5 Å². The van der Waals surface area contributed by atoms with Crippen LogP contribution in [0.5, 0.6) is 5.75 Å². The van der Waals surface area contributed by atoms with Gasteiger partial charge < -0.3 is 9.64 Å². The minimum absolute atomic E-state index is 0.141. The molecule has 0 atom stereocenters. The SMILES string of the molecule is CCN(C(=O)c1cccc(OC)c1)c1ccc(F)cc1. The van der Waals surface area contributed by atoms with E-state index in [1.807, 2.05) is 6.92 Å². The van der Waals surface area contributed by atoms with Crippen LogP contribution in [0.1, 0.15) is 17.3 Å². The van der Waals surface area contributed by atoms with E-state index < -0.39 is 0 Å². The highest BCUT2D eigenvalue weighted by molar-refractivity contribution is 6.06. The Balaban J connectivity index is 2.31. The van der Waals surface area contributed by atoms with E-state index in [2.05, 4.69) is 0 Å². The number of ether oxygens (including phenoxy) is 1. The Morgan fingerprint density at radius 2 is 1.90 bits per heavy atom. The summed E-state index contributed by atoms with van der Waals surface area (Å²) in [6.45, 7) is 2.38. The van der Waals surface area contributed by atoms with Gasteiger partial charge in [0.05, 0.1) is 7.11 Å². The van der Waals surface area contributed by atoms with E-state index in [1.54, 1.807) is 48.4 Å². The van der Waals surface area contributed by atoms with Crippen molar-refractivity contribution < 1.29 is 13.9 Å². The summed E-state index contributed by atoms with van der Waals surface area (Å²) in [4.78, 5) is 14.1. The third-order valence-corrected chi connectivity index (χ3v) is 3.02. The molecular formula is C16H16FNO2. The van der Waals surface area contributed by atoms with Crippen LogP contribution in [0.2, 0.25) is 0 Å². The quantitative estimate of drug-likeness (QED) is 0.853. The van der Waals surface area contributed by atoms with Gasteiger partial charge in [0.15, 0.2) is 0 Å². The Morgan fingerprint density at radius 3 is 2.50 bits per heavy atom. The van der Waals surface area contributed by atoms with Crippen molar-refractivity contribution in [3.8, 4) is 5.75 Å². The molecule has 0 heterocycles. The number of anilines is 1. The second kappa shape index (κ2) is 6.19. The van der Waals surface area contributed by atoms with E-state index in [9.17, 15) is 9.18 Å². The van der Waals surface area contributed by atoms with Crippen LogP contribution in [0, 0.1) is 5.82 Å². The molecule has 0 aliphatic rings. The van der Waals surface area contributed by atoms with Gasteiger partial charge in [-0.3, -0.25) is 4.79 Å². The summed E-state index contributed by atoms with van der Waals surface area (Å²) in [6, 6.07) is 12.8. The molecule has 4 heteroatoms. The average molecular weight is 273 g/mol. The number of hydrogen-bond donors (Lipinski definition) is 0. The van der Waals surface area contributed by atoms with Crippen molar-refractivity contribution in [2.45, 2.75) is 6.92 Å². The Kier molecular flexibility index (Phi) is 4.35. The molecule has 3 nitrogen and oxygen atoms in total. The first-order chi connectivity index (χ1) is 9.65. The van der Waals surface area contributed by atoms with E-state index in [0.717, 1.165) is 0 Å². The maximum atomic E-state index is 13.0. The number of hydrogen-bond acceptors (Lipinski definition) is 2. The molecule has 0 aliphatic carbocycles. The summed E-state index contributed by atoms with van der Waals surface area (Å²) >= 11 is 0. The monoisotopic (exact) mass is 273 g/mol. The predicted octanol–water partition coefficient (Wildman–Crippen LogP) is 3.50. The van der Waals surface area contributed by atoms with Crippen molar-refractivity contribution in [1.82, 2.24) is 0 Å². The molecular weight excluding hydrogens is 257 g/mol. The van der Waals surface area contributed by atoms with Gasteiger partial charge in [0.1, 0.15) is 11.6 Å². The van der Waals surface area contributed by atoms with Gasteiger partial charge in [-0.15, -0.1) is 0 Å². The highest BCUT2D eigenvalue weighted by atomic mass is 19.1. The first kappa shape index (κ1) is 14.1. The number of methoxy groups -OCH3 is 1. The summed E-state index contributed by atoms with van der Waals surface area (Å²) in [5, 5.41) is 0. The Bertz CT molecular complexity index is 596. The maximum absolute atomic E-state index is 13.0. The van der Waals surface area contributed by atoms with Gasteiger partial charge in [0.2, 0.25) is 0 Å². The third-order valence-electron chi connectivity index (χ3n) is 3.02. The molecule has 2 aromatic carbocycles. The van der Waals surface area contributed by atoms with E-state index in [0.29, 0.717) is 23.5 Å². The van der Waals surface area contributed by atoms with Gasteiger partial charge >= 0.3 is 0 Å². The molecule has 0 aliphatic heterocycles. The molecule has 20 heavy (non-hydrogen) atoms. The third kappa shape index (κ3) is 2.96. The van der Waals surface area contributed by atoms with E-state index >= 15 is 0 Å². The first-order valence-corrected chi connectivity index (χ1v) is 6.37. The molecule has 0 unspecified atom stereocenters. The lowest BCUT2D eigenvalue weighted by Gasteiger charge is -2.21. The van der Waals surface area contributed by atoms with Gasteiger partial charge in [-0.2, -0.15) is 0 Å². The number of carbonyl (C=O) groups excluding carboxylic acids is 1. The smallest absolute Gasteiger partial charge is 0.258 e. The maximum Gasteiger partial charge on any atom is 0.258 e. The fraction of sp³-hybridized carbons (Fsp3) is 0.188. The van der Waals surface area contributed by atoms with Crippen LogP contribution in [0.15, 0.2) is 48.5 Å². The van der Waals surface area contributed by atoms with Crippen molar-refractivity contribution in [2.24, 2.45) is 0 Å². The van der Waals surface area contributed by atoms with Gasteiger partial charge in [-0.25, -0.2) is 4.39 Å². The average Bonchev–Trinajstić information content (AvgIpc) is 2.50. The molecule has 0 bridgehead atoms. The normalized spacial score (nSPS) is 10.2. The summed E-state index contributed by atoms with van der Waals surface area (Å²) in [5.41, 5.74) is 1.21. The molecule has 0 N–H and O–H groups in total. The van der Waals surface area contributed by atoms with Crippen LogP contribution < -0.4 is 9.64 Å². The lowest BCUT2D eigenvalue weighted by atomic mass is 10.1. The largest absolute Gasteiger partial charge is 0.497 e. The minimum atomic E-state index is -0.321. The minimum Gasteiger partial charge on any atom is -0.497 e. The van der Waals surface area contributed by atoms with E-state index in [1.165, 1.54) is 12.1 Å². The van der Waals surface area contributed by atoms with Crippen LogP contribution in [0.4, 0.5) is 10.1 Å². The van der Waals surface area contributed by atoms with Crippen molar-refractivity contribution >= 4 is 11.6 Å². The number of amides is 1. The predicted molar refractivity (Wildman–Crippen MR) is 76.7 cm³/mol. The lowest BCUT2D eigenvalue weighted by molar-refractivity contribution is 0.0988. The highest BCUT2D eigenvalue weighted by Gasteiger charge is 2.16. The fourth-order valence-electron chi connectivity index (χ4n) is 1.98. The molecule has 0 aromatic heterocycles. The Morgan fingerprint density at radius 1 is 1.20 bits per heavy atom. The van der Waals surface area contributed by atoms with Crippen LogP contribution in [-0.4, -0.2) is 19.6 Å². The van der Waals surface area contributed by atoms with Crippen molar-refractivity contribution in [3.63, 3.8) is 0 Å². The molecule has 0 saturated heterocycles. The zero-order valence-corrected chi connectivity index (χ0v) is 11.5. The van der Waals surface area contributed by atoms with Crippen LogP contribution in [0.3, 0.4) is 0 Å². The van der Waals surface area contributed by atoms with Gasteiger partial charge in [0, 0.05) is 17.8 Å². The highest BCUT2D eigenvalue weighted by Crippen LogP contribution is 2.20. The van der Waals surface area contributed by atoms with E-state index in [-0.39, 0.29) is 11.7 Å². The Labute approximate surface area is 117 Å².